The van der Waals surface area contributed by atoms with Crippen molar-refractivity contribution in [1.29, 1.82) is 0 Å². The van der Waals surface area contributed by atoms with Crippen LogP contribution in [0.2, 0.25) is 0 Å². The molecule has 1 rings (SSSR count). The molecule has 17 heavy (non-hydrogen) atoms. The zero-order valence-corrected chi connectivity index (χ0v) is 11.2. The average Bonchev–Trinajstić information content (AvgIpc) is 2.12. The van der Waals surface area contributed by atoms with E-state index in [0.717, 1.165) is 12.3 Å². The third kappa shape index (κ3) is 5.91. The van der Waals surface area contributed by atoms with Gasteiger partial charge in [0.05, 0.1) is 0 Å². The molecule has 4 heteroatoms. The summed E-state index contributed by atoms with van der Waals surface area (Å²) in [5.41, 5.74) is -0.466. The second-order valence-electron chi connectivity index (χ2n) is 5.96. The van der Waals surface area contributed by atoms with Gasteiger partial charge in [-0.2, -0.15) is 0 Å². The molecule has 1 unspecified atom stereocenters. The Morgan fingerprint density at radius 3 is 2.53 bits per heavy atom. The SMILES string of the molecule is CC(C)(C)OC(=O)NCC(CO)CC1CCC1. The second kappa shape index (κ2) is 6.24. The Kier molecular flexibility index (Phi) is 5.25. The van der Waals surface area contributed by atoms with Crippen molar-refractivity contribution in [2.75, 3.05) is 13.2 Å². The molecule has 2 N–H and O–H groups in total. The smallest absolute Gasteiger partial charge is 0.407 e. The molecular weight excluding hydrogens is 218 g/mol. The van der Waals surface area contributed by atoms with Crippen molar-refractivity contribution in [2.24, 2.45) is 11.8 Å². The third-order valence-corrected chi connectivity index (χ3v) is 3.08. The minimum atomic E-state index is -0.466. The molecule has 1 fully saturated rings. The van der Waals surface area contributed by atoms with Crippen molar-refractivity contribution in [3.8, 4) is 0 Å². The minimum Gasteiger partial charge on any atom is -0.444 e. The van der Waals surface area contributed by atoms with Gasteiger partial charge in [-0.25, -0.2) is 4.79 Å². The van der Waals surface area contributed by atoms with Crippen LogP contribution in [-0.2, 0) is 4.74 Å². The van der Waals surface area contributed by atoms with E-state index in [0.29, 0.717) is 6.54 Å². The summed E-state index contributed by atoms with van der Waals surface area (Å²) in [6.07, 6.45) is 4.45. The van der Waals surface area contributed by atoms with Gasteiger partial charge in [0.1, 0.15) is 5.60 Å². The molecular formula is C13H25NO3. The van der Waals surface area contributed by atoms with Crippen LogP contribution >= 0.6 is 0 Å². The number of ether oxygens (including phenoxy) is 1. The zero-order valence-electron chi connectivity index (χ0n) is 11.2. The molecule has 0 aliphatic heterocycles. The van der Waals surface area contributed by atoms with Gasteiger partial charge < -0.3 is 15.2 Å². The van der Waals surface area contributed by atoms with Crippen LogP contribution in [0.5, 0.6) is 0 Å². The lowest BCUT2D eigenvalue weighted by Crippen LogP contribution is -2.36. The van der Waals surface area contributed by atoms with Crippen LogP contribution in [0.3, 0.4) is 0 Å². The van der Waals surface area contributed by atoms with Crippen molar-refractivity contribution >= 4 is 6.09 Å². The topological polar surface area (TPSA) is 58.6 Å². The van der Waals surface area contributed by atoms with E-state index in [-0.39, 0.29) is 12.5 Å². The molecule has 0 aromatic carbocycles. The largest absolute Gasteiger partial charge is 0.444 e. The fraction of sp³-hybridized carbons (Fsp3) is 0.923. The molecule has 0 spiro atoms. The highest BCUT2D eigenvalue weighted by molar-refractivity contribution is 5.67. The Morgan fingerprint density at radius 2 is 2.12 bits per heavy atom. The summed E-state index contributed by atoms with van der Waals surface area (Å²) in [7, 11) is 0. The molecule has 1 aliphatic rings. The maximum atomic E-state index is 11.4. The first-order valence-electron chi connectivity index (χ1n) is 6.48. The van der Waals surface area contributed by atoms with Gasteiger partial charge in [0.15, 0.2) is 0 Å². The molecule has 1 amide bonds. The Hall–Kier alpha value is -0.770. The number of aliphatic hydroxyl groups excluding tert-OH is 1. The molecule has 1 saturated carbocycles. The first kappa shape index (κ1) is 14.3. The van der Waals surface area contributed by atoms with Crippen molar-refractivity contribution in [1.82, 2.24) is 5.32 Å². The molecule has 0 aromatic heterocycles. The first-order chi connectivity index (χ1) is 7.90. The van der Waals surface area contributed by atoms with E-state index in [9.17, 15) is 9.90 Å². The van der Waals surface area contributed by atoms with Gasteiger partial charge >= 0.3 is 6.09 Å². The molecule has 1 aliphatic carbocycles. The van der Waals surface area contributed by atoms with Gasteiger partial charge in [0.25, 0.3) is 0 Å². The summed E-state index contributed by atoms with van der Waals surface area (Å²) < 4.78 is 5.15. The van der Waals surface area contributed by atoms with Crippen LogP contribution in [0.25, 0.3) is 0 Å². The molecule has 0 saturated heterocycles. The van der Waals surface area contributed by atoms with E-state index in [1.54, 1.807) is 0 Å². The molecule has 0 aromatic rings. The number of amides is 1. The number of carbonyl (C=O) groups excluding carboxylic acids is 1. The lowest BCUT2D eigenvalue weighted by molar-refractivity contribution is 0.0505. The van der Waals surface area contributed by atoms with Gasteiger partial charge in [-0.3, -0.25) is 0 Å². The number of carbonyl (C=O) groups is 1. The highest BCUT2D eigenvalue weighted by Gasteiger charge is 2.23. The van der Waals surface area contributed by atoms with Crippen molar-refractivity contribution in [3.05, 3.63) is 0 Å². The minimum absolute atomic E-state index is 0.131. The molecule has 4 nitrogen and oxygen atoms in total. The Morgan fingerprint density at radius 1 is 1.47 bits per heavy atom. The summed E-state index contributed by atoms with van der Waals surface area (Å²) in [6, 6.07) is 0. The highest BCUT2D eigenvalue weighted by Crippen LogP contribution is 2.31. The number of rotatable bonds is 5. The van der Waals surface area contributed by atoms with Crippen LogP contribution in [-0.4, -0.2) is 30.0 Å². The Bertz CT molecular complexity index is 244. The van der Waals surface area contributed by atoms with Gasteiger partial charge in [-0.05, 0) is 39.0 Å². The lowest BCUT2D eigenvalue weighted by atomic mass is 9.79. The van der Waals surface area contributed by atoms with Crippen LogP contribution in [0.4, 0.5) is 4.79 Å². The molecule has 0 bridgehead atoms. The molecule has 0 heterocycles. The summed E-state index contributed by atoms with van der Waals surface area (Å²) >= 11 is 0. The van der Waals surface area contributed by atoms with Gasteiger partial charge in [0.2, 0.25) is 0 Å². The third-order valence-electron chi connectivity index (χ3n) is 3.08. The van der Waals surface area contributed by atoms with E-state index in [1.165, 1.54) is 19.3 Å². The van der Waals surface area contributed by atoms with Gasteiger partial charge in [0, 0.05) is 13.2 Å². The summed E-state index contributed by atoms with van der Waals surface area (Å²) in [5.74, 6) is 0.903. The number of nitrogens with one attached hydrogen (secondary N) is 1. The number of alkyl carbamates (subject to hydrolysis) is 1. The molecule has 0 radical (unpaired) electrons. The van der Waals surface area contributed by atoms with E-state index < -0.39 is 11.7 Å². The van der Waals surface area contributed by atoms with E-state index >= 15 is 0 Å². The molecule has 100 valence electrons. The normalized spacial score (nSPS) is 18.4. The van der Waals surface area contributed by atoms with Crippen molar-refractivity contribution < 1.29 is 14.6 Å². The Balaban J connectivity index is 2.19. The summed E-state index contributed by atoms with van der Waals surface area (Å²) in [4.78, 5) is 11.4. The maximum absolute atomic E-state index is 11.4. The fourth-order valence-corrected chi connectivity index (χ4v) is 1.96. The Labute approximate surface area is 104 Å². The van der Waals surface area contributed by atoms with Gasteiger partial charge in [-0.1, -0.05) is 19.3 Å². The van der Waals surface area contributed by atoms with Crippen LogP contribution in [0.1, 0.15) is 46.5 Å². The van der Waals surface area contributed by atoms with Crippen LogP contribution in [0, 0.1) is 11.8 Å². The van der Waals surface area contributed by atoms with E-state index in [1.807, 2.05) is 20.8 Å². The number of hydrogen-bond acceptors (Lipinski definition) is 3. The highest BCUT2D eigenvalue weighted by atomic mass is 16.6. The van der Waals surface area contributed by atoms with Gasteiger partial charge in [-0.15, -0.1) is 0 Å². The summed E-state index contributed by atoms with van der Waals surface area (Å²) in [6.45, 7) is 6.15. The lowest BCUT2D eigenvalue weighted by Gasteiger charge is -2.29. The van der Waals surface area contributed by atoms with Crippen molar-refractivity contribution in [2.45, 2.75) is 52.1 Å². The number of aliphatic hydroxyl groups is 1. The van der Waals surface area contributed by atoms with Crippen LogP contribution in [0.15, 0.2) is 0 Å². The maximum Gasteiger partial charge on any atom is 0.407 e. The number of hydrogen-bond donors (Lipinski definition) is 2. The predicted octanol–water partition coefficient (Wildman–Crippen LogP) is 2.31. The predicted molar refractivity (Wildman–Crippen MR) is 66.8 cm³/mol. The van der Waals surface area contributed by atoms with Crippen molar-refractivity contribution in [3.63, 3.8) is 0 Å². The second-order valence-corrected chi connectivity index (χ2v) is 5.96. The molecule has 1 atom stereocenters. The van der Waals surface area contributed by atoms with E-state index in [4.69, 9.17) is 4.74 Å². The summed E-state index contributed by atoms with van der Waals surface area (Å²) in [5, 5.41) is 12.0. The standard InChI is InChI=1S/C13H25NO3/c1-13(2,3)17-12(16)14-8-11(9-15)7-10-5-4-6-10/h10-11,15H,4-9H2,1-3H3,(H,14,16). The first-order valence-corrected chi connectivity index (χ1v) is 6.48. The van der Waals surface area contributed by atoms with E-state index in [2.05, 4.69) is 5.32 Å². The monoisotopic (exact) mass is 243 g/mol. The zero-order chi connectivity index (χ0) is 12.9. The fourth-order valence-electron chi connectivity index (χ4n) is 1.96. The quantitative estimate of drug-likeness (QED) is 0.779. The van der Waals surface area contributed by atoms with Crippen LogP contribution < -0.4 is 5.32 Å². The average molecular weight is 243 g/mol.